The zero-order valence-electron chi connectivity index (χ0n) is 13.2. The topological polar surface area (TPSA) is 64.0 Å². The maximum absolute atomic E-state index is 12.4. The van der Waals surface area contributed by atoms with Crippen LogP contribution in [0.1, 0.15) is 37.6 Å². The largest absolute Gasteiger partial charge is 0.508 e. The Balaban J connectivity index is 2.67. The van der Waals surface area contributed by atoms with Crippen molar-refractivity contribution in [2.75, 3.05) is 32.7 Å². The van der Waals surface area contributed by atoms with Gasteiger partial charge in [-0.1, -0.05) is 13.8 Å². The van der Waals surface area contributed by atoms with Crippen LogP contribution in [0.5, 0.6) is 11.5 Å². The Bertz CT molecular complexity index is 459. The van der Waals surface area contributed by atoms with Crippen LogP contribution in [0.15, 0.2) is 18.2 Å². The van der Waals surface area contributed by atoms with Gasteiger partial charge in [0, 0.05) is 13.1 Å². The molecule has 0 spiro atoms. The summed E-state index contributed by atoms with van der Waals surface area (Å²) in [5.74, 6) is -0.360. The number of amides is 1. The van der Waals surface area contributed by atoms with Gasteiger partial charge in [-0.15, -0.1) is 0 Å². The van der Waals surface area contributed by atoms with Crippen LogP contribution in [0, 0.1) is 0 Å². The summed E-state index contributed by atoms with van der Waals surface area (Å²) in [6.07, 6.45) is 0.890. The van der Waals surface area contributed by atoms with Crippen LogP contribution >= 0.6 is 0 Å². The van der Waals surface area contributed by atoms with E-state index >= 15 is 0 Å². The molecule has 1 aromatic carbocycles. The highest BCUT2D eigenvalue weighted by Gasteiger charge is 2.18. The van der Waals surface area contributed by atoms with Crippen molar-refractivity contribution in [3.8, 4) is 11.5 Å². The molecule has 5 nitrogen and oxygen atoms in total. The third-order valence-corrected chi connectivity index (χ3v) is 3.68. The van der Waals surface area contributed by atoms with Crippen molar-refractivity contribution in [2.45, 2.75) is 27.2 Å². The van der Waals surface area contributed by atoms with Gasteiger partial charge in [0.15, 0.2) is 0 Å². The second-order valence-electron chi connectivity index (χ2n) is 4.97. The molecule has 0 aliphatic rings. The van der Waals surface area contributed by atoms with Gasteiger partial charge in [0.2, 0.25) is 0 Å². The van der Waals surface area contributed by atoms with E-state index in [0.717, 1.165) is 26.1 Å². The second-order valence-corrected chi connectivity index (χ2v) is 4.97. The highest BCUT2D eigenvalue weighted by Crippen LogP contribution is 2.23. The minimum atomic E-state index is -0.245. The summed E-state index contributed by atoms with van der Waals surface area (Å²) >= 11 is 0. The summed E-state index contributed by atoms with van der Waals surface area (Å²) < 4.78 is 0. The van der Waals surface area contributed by atoms with Crippen molar-refractivity contribution in [3.05, 3.63) is 23.8 Å². The Morgan fingerprint density at radius 1 is 1.05 bits per heavy atom. The molecule has 2 N–H and O–H groups in total. The van der Waals surface area contributed by atoms with E-state index in [4.69, 9.17) is 0 Å². The highest BCUT2D eigenvalue weighted by atomic mass is 16.3. The summed E-state index contributed by atoms with van der Waals surface area (Å²) in [7, 11) is 0. The maximum Gasteiger partial charge on any atom is 0.257 e. The zero-order valence-corrected chi connectivity index (χ0v) is 13.2. The van der Waals surface area contributed by atoms with Gasteiger partial charge in [-0.25, -0.2) is 0 Å². The lowest BCUT2D eigenvalue weighted by molar-refractivity contribution is 0.0754. The Morgan fingerprint density at radius 3 is 2.29 bits per heavy atom. The maximum atomic E-state index is 12.4. The number of rotatable bonds is 8. The van der Waals surface area contributed by atoms with E-state index in [-0.39, 0.29) is 23.0 Å². The Morgan fingerprint density at radius 2 is 1.71 bits per heavy atom. The van der Waals surface area contributed by atoms with Crippen molar-refractivity contribution in [1.29, 1.82) is 0 Å². The fraction of sp³-hybridized carbons (Fsp3) is 0.562. The van der Waals surface area contributed by atoms with Gasteiger partial charge < -0.3 is 20.0 Å². The Kier molecular flexibility index (Phi) is 7.02. The lowest BCUT2D eigenvalue weighted by atomic mass is 10.1. The summed E-state index contributed by atoms with van der Waals surface area (Å²) in [5, 5.41) is 19.2. The first-order valence-corrected chi connectivity index (χ1v) is 7.57. The zero-order chi connectivity index (χ0) is 15.8. The molecule has 0 aromatic heterocycles. The van der Waals surface area contributed by atoms with E-state index in [1.807, 2.05) is 6.92 Å². The van der Waals surface area contributed by atoms with Crippen LogP contribution < -0.4 is 0 Å². The van der Waals surface area contributed by atoms with E-state index in [2.05, 4.69) is 18.7 Å². The summed E-state index contributed by atoms with van der Waals surface area (Å²) in [6, 6.07) is 4.01. The number of benzene rings is 1. The molecular weight excluding hydrogens is 268 g/mol. The second kappa shape index (κ2) is 8.52. The number of hydrogen-bond donors (Lipinski definition) is 2. The predicted molar refractivity (Wildman–Crippen MR) is 83.8 cm³/mol. The number of nitrogens with zero attached hydrogens (tertiary/aromatic N) is 2. The molecule has 1 amide bonds. The molecule has 0 unspecified atom stereocenters. The van der Waals surface area contributed by atoms with Gasteiger partial charge in [-0.3, -0.25) is 4.79 Å². The molecule has 0 saturated heterocycles. The molecule has 0 aliphatic carbocycles. The number of carbonyl (C=O) groups excluding carboxylic acids is 1. The lowest BCUT2D eigenvalue weighted by Crippen LogP contribution is -2.34. The minimum absolute atomic E-state index is 0.0182. The first kappa shape index (κ1) is 17.3. The van der Waals surface area contributed by atoms with Crippen molar-refractivity contribution in [3.63, 3.8) is 0 Å². The fourth-order valence-corrected chi connectivity index (χ4v) is 2.29. The monoisotopic (exact) mass is 294 g/mol. The van der Waals surface area contributed by atoms with Crippen molar-refractivity contribution >= 4 is 5.91 Å². The van der Waals surface area contributed by atoms with Gasteiger partial charge in [-0.2, -0.15) is 0 Å². The predicted octanol–water partition coefficient (Wildman–Crippen LogP) is 2.29. The number of carbonyl (C=O) groups is 1. The quantitative estimate of drug-likeness (QED) is 0.722. The number of phenolic OH excluding ortho intramolecular Hbond substituents is 2. The number of phenols is 2. The molecule has 0 aliphatic heterocycles. The third-order valence-electron chi connectivity index (χ3n) is 3.68. The molecule has 0 radical (unpaired) electrons. The van der Waals surface area contributed by atoms with Crippen LogP contribution in [-0.4, -0.2) is 58.6 Å². The van der Waals surface area contributed by atoms with Crippen LogP contribution in [0.3, 0.4) is 0 Å². The third kappa shape index (κ3) is 4.93. The van der Waals surface area contributed by atoms with Gasteiger partial charge >= 0.3 is 0 Å². The minimum Gasteiger partial charge on any atom is -0.508 e. The molecule has 118 valence electrons. The summed E-state index contributed by atoms with van der Waals surface area (Å²) in [6.45, 7) is 10.3. The Labute approximate surface area is 126 Å². The standard InChI is InChI=1S/C16H26N2O3/c1-4-17(5-2)10-7-11-18(6-3)16(21)14-12-13(19)8-9-15(14)20/h8-9,12,19-20H,4-7,10-11H2,1-3H3. The van der Waals surface area contributed by atoms with Gasteiger partial charge in [0.05, 0.1) is 5.56 Å². The van der Waals surface area contributed by atoms with E-state index < -0.39 is 0 Å². The normalized spacial score (nSPS) is 10.9. The van der Waals surface area contributed by atoms with Crippen LogP contribution in [0.25, 0.3) is 0 Å². The molecule has 5 heteroatoms. The van der Waals surface area contributed by atoms with Gasteiger partial charge in [0.1, 0.15) is 11.5 Å². The molecule has 0 atom stereocenters. The molecule has 0 heterocycles. The average molecular weight is 294 g/mol. The lowest BCUT2D eigenvalue weighted by Gasteiger charge is -2.24. The molecule has 21 heavy (non-hydrogen) atoms. The average Bonchev–Trinajstić information content (AvgIpc) is 2.49. The molecule has 0 saturated carbocycles. The molecule has 1 aromatic rings. The van der Waals surface area contributed by atoms with E-state index in [1.54, 1.807) is 4.90 Å². The van der Waals surface area contributed by atoms with Gasteiger partial charge in [0.25, 0.3) is 5.91 Å². The Hall–Kier alpha value is -1.75. The number of aromatic hydroxyl groups is 2. The van der Waals surface area contributed by atoms with Crippen molar-refractivity contribution in [1.82, 2.24) is 9.80 Å². The van der Waals surface area contributed by atoms with Crippen LogP contribution in [0.4, 0.5) is 0 Å². The highest BCUT2D eigenvalue weighted by molar-refractivity contribution is 5.97. The molecule has 0 fully saturated rings. The first-order valence-electron chi connectivity index (χ1n) is 7.57. The molecule has 0 bridgehead atoms. The van der Waals surface area contributed by atoms with Crippen LogP contribution in [0.2, 0.25) is 0 Å². The van der Waals surface area contributed by atoms with Crippen LogP contribution in [-0.2, 0) is 0 Å². The summed E-state index contributed by atoms with van der Waals surface area (Å²) in [4.78, 5) is 16.4. The SMILES string of the molecule is CCN(CC)CCCN(CC)C(=O)c1cc(O)ccc1O. The van der Waals surface area contributed by atoms with Crippen molar-refractivity contribution < 1.29 is 15.0 Å². The fourth-order valence-electron chi connectivity index (χ4n) is 2.29. The van der Waals surface area contributed by atoms with Crippen molar-refractivity contribution in [2.24, 2.45) is 0 Å². The van der Waals surface area contributed by atoms with E-state index in [0.29, 0.717) is 13.1 Å². The first-order chi connectivity index (χ1) is 10.0. The number of hydrogen-bond acceptors (Lipinski definition) is 4. The summed E-state index contributed by atoms with van der Waals surface area (Å²) in [5.41, 5.74) is 0.152. The van der Waals surface area contributed by atoms with E-state index in [9.17, 15) is 15.0 Å². The molecule has 1 rings (SSSR count). The smallest absolute Gasteiger partial charge is 0.257 e. The van der Waals surface area contributed by atoms with E-state index in [1.165, 1.54) is 18.2 Å². The molecular formula is C16H26N2O3. The van der Waals surface area contributed by atoms with Gasteiger partial charge in [-0.05, 0) is 51.2 Å².